The van der Waals surface area contributed by atoms with Gasteiger partial charge in [-0.15, -0.1) is 0 Å². The number of rotatable bonds is 2. The van der Waals surface area contributed by atoms with E-state index < -0.39 is 29.2 Å². The zero-order chi connectivity index (χ0) is 15.6. The first-order valence-corrected chi connectivity index (χ1v) is 5.67. The molecule has 0 bridgehead atoms. The summed E-state index contributed by atoms with van der Waals surface area (Å²) in [4.78, 5) is 15.5. The van der Waals surface area contributed by atoms with Crippen LogP contribution in [0.1, 0.15) is 16.1 Å². The van der Waals surface area contributed by atoms with Crippen LogP contribution in [0.2, 0.25) is 0 Å². The molecule has 0 aliphatic carbocycles. The molecule has 2 rings (SSSR count). The predicted molar refractivity (Wildman–Crippen MR) is 68.0 cm³/mol. The van der Waals surface area contributed by atoms with Gasteiger partial charge in [0.2, 0.25) is 0 Å². The van der Waals surface area contributed by atoms with Crippen molar-refractivity contribution in [2.45, 2.75) is 6.18 Å². The number of pyridine rings is 1. The molecule has 0 saturated heterocycles. The van der Waals surface area contributed by atoms with Gasteiger partial charge < -0.3 is 11.1 Å². The minimum absolute atomic E-state index is 0.133. The minimum Gasteiger partial charge on any atom is -0.399 e. The summed E-state index contributed by atoms with van der Waals surface area (Å²) in [6.45, 7) is 0. The first-order valence-electron chi connectivity index (χ1n) is 5.67. The fourth-order valence-electron chi connectivity index (χ4n) is 1.55. The number of hydrogen-bond acceptors (Lipinski definition) is 3. The molecule has 3 N–H and O–H groups in total. The van der Waals surface area contributed by atoms with Gasteiger partial charge in [0.05, 0.1) is 11.3 Å². The van der Waals surface area contributed by atoms with Crippen LogP contribution >= 0.6 is 0 Å². The van der Waals surface area contributed by atoms with Gasteiger partial charge >= 0.3 is 6.18 Å². The Morgan fingerprint density at radius 1 is 1.19 bits per heavy atom. The molecule has 0 aliphatic rings. The summed E-state index contributed by atoms with van der Waals surface area (Å²) in [6, 6.07) is 4.39. The van der Waals surface area contributed by atoms with Crippen LogP contribution in [0.5, 0.6) is 0 Å². The van der Waals surface area contributed by atoms with E-state index >= 15 is 0 Å². The lowest BCUT2D eigenvalue weighted by Gasteiger charge is -2.10. The zero-order valence-corrected chi connectivity index (χ0v) is 10.4. The number of carbonyl (C=O) groups excluding carboxylic acids is 1. The van der Waals surface area contributed by atoms with Gasteiger partial charge in [0.15, 0.2) is 0 Å². The summed E-state index contributed by atoms with van der Waals surface area (Å²) < 4.78 is 51.1. The van der Waals surface area contributed by atoms with Crippen LogP contribution in [0.25, 0.3) is 0 Å². The van der Waals surface area contributed by atoms with Gasteiger partial charge in [-0.2, -0.15) is 13.2 Å². The predicted octanol–water partition coefficient (Wildman–Crippen LogP) is 3.07. The van der Waals surface area contributed by atoms with E-state index in [1.807, 2.05) is 5.32 Å². The Morgan fingerprint density at radius 3 is 2.52 bits per heavy atom. The van der Waals surface area contributed by atoms with Gasteiger partial charge in [0.1, 0.15) is 11.5 Å². The lowest BCUT2D eigenvalue weighted by Crippen LogP contribution is -2.16. The number of alkyl halides is 3. The van der Waals surface area contributed by atoms with Crippen LogP contribution in [0.15, 0.2) is 36.5 Å². The van der Waals surface area contributed by atoms with Gasteiger partial charge in [-0.3, -0.25) is 9.78 Å². The molecule has 0 saturated carbocycles. The van der Waals surface area contributed by atoms with E-state index in [9.17, 15) is 22.4 Å². The molecule has 0 aliphatic heterocycles. The van der Waals surface area contributed by atoms with Crippen molar-refractivity contribution in [3.8, 4) is 0 Å². The Balaban J connectivity index is 2.29. The second kappa shape index (κ2) is 5.39. The molecular formula is C13H9F4N3O. The topological polar surface area (TPSA) is 68.0 Å². The SMILES string of the molecule is Nc1ccnc(C(=O)Nc2cc(C(F)(F)F)ccc2F)c1. The zero-order valence-electron chi connectivity index (χ0n) is 10.4. The third-order valence-electron chi connectivity index (χ3n) is 2.56. The largest absolute Gasteiger partial charge is 0.416 e. The molecule has 2 aromatic rings. The average Bonchev–Trinajstić information content (AvgIpc) is 2.40. The van der Waals surface area contributed by atoms with Gasteiger partial charge in [-0.1, -0.05) is 0 Å². The molecule has 0 fully saturated rings. The van der Waals surface area contributed by atoms with Crippen molar-refractivity contribution in [1.29, 1.82) is 0 Å². The first-order chi connectivity index (χ1) is 9.77. The van der Waals surface area contributed by atoms with E-state index in [4.69, 9.17) is 5.73 Å². The number of aromatic nitrogens is 1. The molecule has 0 unspecified atom stereocenters. The number of nitrogen functional groups attached to an aromatic ring is 1. The number of nitrogens with two attached hydrogens (primary N) is 1. The van der Waals surface area contributed by atoms with Crippen molar-refractivity contribution in [1.82, 2.24) is 4.98 Å². The Labute approximate surface area is 116 Å². The molecule has 1 aromatic heterocycles. The van der Waals surface area contributed by atoms with E-state index in [0.717, 1.165) is 0 Å². The highest BCUT2D eigenvalue weighted by atomic mass is 19.4. The van der Waals surface area contributed by atoms with E-state index in [1.54, 1.807) is 0 Å². The lowest BCUT2D eigenvalue weighted by atomic mass is 10.2. The number of benzene rings is 1. The summed E-state index contributed by atoms with van der Waals surface area (Å²) in [5, 5.41) is 2.03. The van der Waals surface area contributed by atoms with Crippen molar-refractivity contribution in [3.63, 3.8) is 0 Å². The molecule has 110 valence electrons. The Bertz CT molecular complexity index is 685. The normalized spacial score (nSPS) is 11.2. The van der Waals surface area contributed by atoms with Crippen molar-refractivity contribution in [2.75, 3.05) is 11.1 Å². The molecule has 0 spiro atoms. The van der Waals surface area contributed by atoms with Crippen LogP contribution in [-0.2, 0) is 6.18 Å². The number of carbonyl (C=O) groups is 1. The van der Waals surface area contributed by atoms with Gasteiger partial charge in [0, 0.05) is 11.9 Å². The fraction of sp³-hybridized carbons (Fsp3) is 0.0769. The van der Waals surface area contributed by atoms with Crippen molar-refractivity contribution < 1.29 is 22.4 Å². The second-order valence-corrected chi connectivity index (χ2v) is 4.12. The fourth-order valence-corrected chi connectivity index (χ4v) is 1.55. The summed E-state index contributed by atoms with van der Waals surface area (Å²) in [7, 11) is 0. The van der Waals surface area contributed by atoms with E-state index in [0.29, 0.717) is 18.2 Å². The third kappa shape index (κ3) is 3.47. The minimum atomic E-state index is -4.64. The Morgan fingerprint density at radius 2 is 1.90 bits per heavy atom. The highest BCUT2D eigenvalue weighted by Crippen LogP contribution is 2.31. The number of anilines is 2. The van der Waals surface area contributed by atoms with Crippen molar-refractivity contribution in [3.05, 3.63) is 53.6 Å². The van der Waals surface area contributed by atoms with Crippen molar-refractivity contribution in [2.24, 2.45) is 0 Å². The third-order valence-corrected chi connectivity index (χ3v) is 2.56. The number of amides is 1. The van der Waals surface area contributed by atoms with E-state index in [-0.39, 0.29) is 11.4 Å². The van der Waals surface area contributed by atoms with Crippen molar-refractivity contribution >= 4 is 17.3 Å². The number of hydrogen-bond donors (Lipinski definition) is 2. The smallest absolute Gasteiger partial charge is 0.399 e. The highest BCUT2D eigenvalue weighted by molar-refractivity contribution is 6.03. The molecule has 21 heavy (non-hydrogen) atoms. The van der Waals surface area contributed by atoms with E-state index in [1.165, 1.54) is 18.3 Å². The Kier molecular flexibility index (Phi) is 3.79. The quantitative estimate of drug-likeness (QED) is 0.837. The van der Waals surface area contributed by atoms with Crippen LogP contribution in [-0.4, -0.2) is 10.9 Å². The second-order valence-electron chi connectivity index (χ2n) is 4.12. The van der Waals surface area contributed by atoms with Crippen LogP contribution < -0.4 is 11.1 Å². The van der Waals surface area contributed by atoms with Crippen LogP contribution in [0, 0.1) is 5.82 Å². The Hall–Kier alpha value is -2.64. The monoisotopic (exact) mass is 299 g/mol. The molecule has 4 nitrogen and oxygen atoms in total. The number of nitrogens with one attached hydrogen (secondary N) is 1. The number of halogens is 4. The summed E-state index contributed by atoms with van der Waals surface area (Å²) in [5.41, 5.74) is 3.92. The maximum atomic E-state index is 13.5. The maximum absolute atomic E-state index is 13.5. The highest BCUT2D eigenvalue weighted by Gasteiger charge is 2.31. The first kappa shape index (κ1) is 14.8. The molecule has 0 radical (unpaired) electrons. The molecular weight excluding hydrogens is 290 g/mol. The molecule has 1 aromatic carbocycles. The number of nitrogens with zero attached hydrogens (tertiary/aromatic N) is 1. The average molecular weight is 299 g/mol. The molecule has 1 amide bonds. The summed E-state index contributed by atoms with van der Waals surface area (Å²) in [5.74, 6) is -1.85. The molecule has 8 heteroatoms. The standard InChI is InChI=1S/C13H9F4N3O/c14-9-2-1-7(13(15,16)17)5-10(9)20-12(21)11-6-8(18)3-4-19-11/h1-6H,(H2,18,19)(H,20,21). The van der Waals surface area contributed by atoms with Crippen LogP contribution in [0.3, 0.4) is 0 Å². The van der Waals surface area contributed by atoms with Crippen LogP contribution in [0.4, 0.5) is 28.9 Å². The van der Waals surface area contributed by atoms with Gasteiger partial charge in [-0.05, 0) is 30.3 Å². The summed E-state index contributed by atoms with van der Waals surface area (Å²) >= 11 is 0. The summed E-state index contributed by atoms with van der Waals surface area (Å²) in [6.07, 6.45) is -3.38. The van der Waals surface area contributed by atoms with E-state index in [2.05, 4.69) is 4.98 Å². The molecule has 1 heterocycles. The molecule has 0 atom stereocenters. The maximum Gasteiger partial charge on any atom is 0.416 e. The lowest BCUT2D eigenvalue weighted by molar-refractivity contribution is -0.137. The van der Waals surface area contributed by atoms with Gasteiger partial charge in [-0.25, -0.2) is 4.39 Å². The van der Waals surface area contributed by atoms with Gasteiger partial charge in [0.25, 0.3) is 5.91 Å².